The SMILES string of the molecule is CC(C)CC(CN(C)C(=O)C1c2ccccc2-c2ccccc21)N1CCC[C@@H]1O. The molecule has 2 atom stereocenters. The predicted octanol–water partition coefficient (Wildman–Crippen LogP) is 4.09. The molecular formula is C25H32N2O2. The van der Waals surface area contributed by atoms with Gasteiger partial charge in [0.05, 0.1) is 5.92 Å². The third-order valence-electron chi connectivity index (χ3n) is 6.42. The van der Waals surface area contributed by atoms with Gasteiger partial charge in [0.1, 0.15) is 6.23 Å². The molecule has 2 aliphatic rings. The summed E-state index contributed by atoms with van der Waals surface area (Å²) in [7, 11) is 1.92. The molecule has 1 aliphatic carbocycles. The second-order valence-electron chi connectivity index (χ2n) is 8.97. The first kappa shape index (κ1) is 20.1. The van der Waals surface area contributed by atoms with E-state index in [-0.39, 0.29) is 24.1 Å². The number of hydrogen-bond donors (Lipinski definition) is 1. The average Bonchev–Trinajstić information content (AvgIpc) is 3.27. The van der Waals surface area contributed by atoms with Crippen LogP contribution < -0.4 is 0 Å². The van der Waals surface area contributed by atoms with Crippen molar-refractivity contribution in [1.82, 2.24) is 9.80 Å². The molecule has 1 aliphatic heterocycles. The third kappa shape index (κ3) is 3.84. The topological polar surface area (TPSA) is 43.8 Å². The molecule has 2 aromatic carbocycles. The lowest BCUT2D eigenvalue weighted by molar-refractivity contribution is -0.132. The minimum Gasteiger partial charge on any atom is -0.378 e. The first-order valence-electron chi connectivity index (χ1n) is 10.8. The van der Waals surface area contributed by atoms with Gasteiger partial charge in [-0.25, -0.2) is 0 Å². The maximum atomic E-state index is 13.6. The van der Waals surface area contributed by atoms with Gasteiger partial charge in [0.15, 0.2) is 0 Å². The Morgan fingerprint density at radius 1 is 1.10 bits per heavy atom. The largest absolute Gasteiger partial charge is 0.378 e. The summed E-state index contributed by atoms with van der Waals surface area (Å²) in [6.45, 7) is 5.98. The lowest BCUT2D eigenvalue weighted by atomic mass is 9.95. The third-order valence-corrected chi connectivity index (χ3v) is 6.42. The van der Waals surface area contributed by atoms with Gasteiger partial charge in [-0.1, -0.05) is 62.4 Å². The molecule has 4 heteroatoms. The number of likely N-dealkylation sites (N-methyl/N-ethyl adjacent to an activating group) is 1. The second kappa shape index (κ2) is 8.29. The number of hydrogen-bond acceptors (Lipinski definition) is 3. The monoisotopic (exact) mass is 392 g/mol. The quantitative estimate of drug-likeness (QED) is 0.805. The van der Waals surface area contributed by atoms with Gasteiger partial charge in [0.25, 0.3) is 0 Å². The van der Waals surface area contributed by atoms with Gasteiger partial charge in [-0.3, -0.25) is 9.69 Å². The van der Waals surface area contributed by atoms with Crippen molar-refractivity contribution < 1.29 is 9.90 Å². The molecule has 29 heavy (non-hydrogen) atoms. The van der Waals surface area contributed by atoms with E-state index in [2.05, 4.69) is 43.0 Å². The number of benzene rings is 2. The highest BCUT2D eigenvalue weighted by molar-refractivity contribution is 5.96. The Balaban J connectivity index is 1.59. The fourth-order valence-electron chi connectivity index (χ4n) is 5.10. The molecule has 154 valence electrons. The Morgan fingerprint density at radius 3 is 2.21 bits per heavy atom. The van der Waals surface area contributed by atoms with Gasteiger partial charge >= 0.3 is 0 Å². The maximum absolute atomic E-state index is 13.6. The summed E-state index contributed by atoms with van der Waals surface area (Å²) < 4.78 is 0. The molecule has 0 aromatic heterocycles. The van der Waals surface area contributed by atoms with E-state index < -0.39 is 0 Å². The van der Waals surface area contributed by atoms with E-state index in [0.29, 0.717) is 12.5 Å². The van der Waals surface area contributed by atoms with Gasteiger partial charge in [-0.05, 0) is 47.4 Å². The fraction of sp³-hybridized carbons (Fsp3) is 0.480. The number of rotatable bonds is 6. The van der Waals surface area contributed by atoms with Crippen molar-refractivity contribution in [2.24, 2.45) is 5.92 Å². The van der Waals surface area contributed by atoms with E-state index in [4.69, 9.17) is 0 Å². The zero-order valence-electron chi connectivity index (χ0n) is 17.7. The van der Waals surface area contributed by atoms with Crippen LogP contribution in [0, 0.1) is 5.92 Å². The van der Waals surface area contributed by atoms with Crippen LogP contribution >= 0.6 is 0 Å². The number of carbonyl (C=O) groups is 1. The molecule has 1 saturated heterocycles. The first-order chi connectivity index (χ1) is 14.0. The summed E-state index contributed by atoms with van der Waals surface area (Å²) in [4.78, 5) is 17.7. The minimum absolute atomic E-state index is 0.143. The van der Waals surface area contributed by atoms with Crippen molar-refractivity contribution in [3.8, 4) is 11.1 Å². The average molecular weight is 393 g/mol. The Bertz CT molecular complexity index is 833. The van der Waals surface area contributed by atoms with Crippen molar-refractivity contribution in [3.63, 3.8) is 0 Å². The summed E-state index contributed by atoms with van der Waals surface area (Å²) in [5.41, 5.74) is 4.55. The Kier molecular flexibility index (Phi) is 5.75. The predicted molar refractivity (Wildman–Crippen MR) is 117 cm³/mol. The summed E-state index contributed by atoms with van der Waals surface area (Å²) in [5, 5.41) is 10.4. The summed E-state index contributed by atoms with van der Waals surface area (Å²) in [5.74, 6) is 0.421. The summed E-state index contributed by atoms with van der Waals surface area (Å²) in [6, 6.07) is 16.7. The van der Waals surface area contributed by atoms with E-state index in [1.807, 2.05) is 36.2 Å². The number of aliphatic hydroxyl groups is 1. The molecule has 1 heterocycles. The highest BCUT2D eigenvalue weighted by Crippen LogP contribution is 2.45. The maximum Gasteiger partial charge on any atom is 0.234 e. The number of likely N-dealkylation sites (tertiary alicyclic amines) is 1. The fourth-order valence-corrected chi connectivity index (χ4v) is 5.10. The van der Waals surface area contributed by atoms with Gasteiger partial charge in [0.2, 0.25) is 5.91 Å². The Hall–Kier alpha value is -2.17. The van der Waals surface area contributed by atoms with Crippen LogP contribution in [-0.2, 0) is 4.79 Å². The second-order valence-corrected chi connectivity index (χ2v) is 8.97. The van der Waals surface area contributed by atoms with Gasteiger partial charge in [-0.15, -0.1) is 0 Å². The van der Waals surface area contributed by atoms with E-state index in [1.165, 1.54) is 11.1 Å². The molecule has 1 fully saturated rings. The molecule has 1 N–H and O–H groups in total. The molecule has 4 rings (SSSR count). The lowest BCUT2D eigenvalue weighted by Gasteiger charge is -2.35. The van der Waals surface area contributed by atoms with Crippen LogP contribution in [0.2, 0.25) is 0 Å². The number of amides is 1. The Morgan fingerprint density at radius 2 is 1.69 bits per heavy atom. The molecule has 0 saturated carbocycles. The number of carbonyl (C=O) groups excluding carboxylic acids is 1. The minimum atomic E-state index is -0.379. The molecule has 4 nitrogen and oxygen atoms in total. The van der Waals surface area contributed by atoms with Crippen LogP contribution in [0.3, 0.4) is 0 Å². The lowest BCUT2D eigenvalue weighted by Crippen LogP contribution is -2.48. The van der Waals surface area contributed by atoms with E-state index in [1.54, 1.807) is 0 Å². The number of aliphatic hydroxyl groups excluding tert-OH is 1. The Labute approximate surface area is 174 Å². The molecule has 1 amide bonds. The van der Waals surface area contributed by atoms with Gasteiger partial charge in [-0.2, -0.15) is 0 Å². The highest BCUT2D eigenvalue weighted by Gasteiger charge is 2.37. The smallest absolute Gasteiger partial charge is 0.234 e. The van der Waals surface area contributed by atoms with Crippen LogP contribution in [0.4, 0.5) is 0 Å². The molecule has 0 bridgehead atoms. The number of fused-ring (bicyclic) bond motifs is 3. The van der Waals surface area contributed by atoms with E-state index in [0.717, 1.165) is 36.9 Å². The summed E-state index contributed by atoms with van der Waals surface area (Å²) in [6.07, 6.45) is 2.45. The van der Waals surface area contributed by atoms with Crippen LogP contribution in [0.5, 0.6) is 0 Å². The van der Waals surface area contributed by atoms with Crippen molar-refractivity contribution in [2.45, 2.75) is 51.3 Å². The summed E-state index contributed by atoms with van der Waals surface area (Å²) >= 11 is 0. The normalized spacial score (nSPS) is 20.0. The van der Waals surface area contributed by atoms with Crippen LogP contribution in [0.25, 0.3) is 11.1 Å². The molecule has 0 spiro atoms. The van der Waals surface area contributed by atoms with Gasteiger partial charge < -0.3 is 10.0 Å². The van der Waals surface area contributed by atoms with E-state index in [9.17, 15) is 9.90 Å². The van der Waals surface area contributed by atoms with Crippen molar-refractivity contribution >= 4 is 5.91 Å². The molecule has 0 radical (unpaired) electrons. The highest BCUT2D eigenvalue weighted by atomic mass is 16.3. The van der Waals surface area contributed by atoms with Crippen molar-refractivity contribution in [2.75, 3.05) is 20.1 Å². The zero-order chi connectivity index (χ0) is 20.5. The van der Waals surface area contributed by atoms with Gasteiger partial charge in [0, 0.05) is 26.2 Å². The van der Waals surface area contributed by atoms with Crippen molar-refractivity contribution in [1.29, 1.82) is 0 Å². The zero-order valence-corrected chi connectivity index (χ0v) is 17.7. The van der Waals surface area contributed by atoms with E-state index >= 15 is 0 Å². The van der Waals surface area contributed by atoms with Crippen molar-refractivity contribution in [3.05, 3.63) is 59.7 Å². The molecule has 1 unspecified atom stereocenters. The molecule has 2 aromatic rings. The van der Waals surface area contributed by atoms with Crippen LogP contribution in [0.15, 0.2) is 48.5 Å². The first-order valence-corrected chi connectivity index (χ1v) is 10.8. The standard InChI is InChI=1S/C25H32N2O2/c1-17(2)15-18(27-14-8-13-23(27)28)16-26(3)25(29)24-21-11-6-4-9-19(21)20-10-5-7-12-22(20)24/h4-7,9-12,17-18,23-24,28H,8,13-16H2,1-3H3/t18?,23-/m0/s1. The van der Waals surface area contributed by atoms with Crippen LogP contribution in [-0.4, -0.2) is 53.2 Å². The number of nitrogens with zero attached hydrogens (tertiary/aromatic N) is 2. The van der Waals surface area contributed by atoms with Crippen LogP contribution in [0.1, 0.15) is 50.2 Å². The molecular weight excluding hydrogens is 360 g/mol.